The van der Waals surface area contributed by atoms with E-state index < -0.39 is 0 Å². The third kappa shape index (κ3) is 2.96. The second-order valence-corrected chi connectivity index (χ2v) is 5.14. The Bertz CT molecular complexity index is 542. The SMILES string of the molecule is Cc1cc(CNC[C@H]2CCCN2c2cccnn2)on1. The summed E-state index contributed by atoms with van der Waals surface area (Å²) in [5.41, 5.74) is 0.920. The third-order valence-electron chi connectivity index (χ3n) is 3.59. The van der Waals surface area contributed by atoms with Gasteiger partial charge in [0.1, 0.15) is 0 Å². The molecule has 1 saturated heterocycles. The van der Waals surface area contributed by atoms with E-state index in [0.29, 0.717) is 12.6 Å². The summed E-state index contributed by atoms with van der Waals surface area (Å²) >= 11 is 0. The molecule has 3 heterocycles. The van der Waals surface area contributed by atoms with Gasteiger partial charge in [0, 0.05) is 31.4 Å². The summed E-state index contributed by atoms with van der Waals surface area (Å²) in [5, 5.41) is 15.5. The van der Waals surface area contributed by atoms with E-state index in [2.05, 4.69) is 25.6 Å². The first-order valence-electron chi connectivity index (χ1n) is 7.00. The summed E-state index contributed by atoms with van der Waals surface area (Å²) in [5.74, 6) is 1.85. The van der Waals surface area contributed by atoms with Gasteiger partial charge in [0.25, 0.3) is 0 Å². The van der Waals surface area contributed by atoms with Crippen LogP contribution >= 0.6 is 0 Å². The van der Waals surface area contributed by atoms with Gasteiger partial charge in [0.15, 0.2) is 11.6 Å². The minimum atomic E-state index is 0.468. The average Bonchev–Trinajstić information content (AvgIpc) is 3.09. The van der Waals surface area contributed by atoms with Gasteiger partial charge in [-0.25, -0.2) is 0 Å². The van der Waals surface area contributed by atoms with Gasteiger partial charge in [-0.15, -0.1) is 5.10 Å². The molecule has 0 unspecified atom stereocenters. The smallest absolute Gasteiger partial charge is 0.151 e. The Morgan fingerprint density at radius 3 is 3.20 bits per heavy atom. The summed E-state index contributed by atoms with van der Waals surface area (Å²) in [4.78, 5) is 2.33. The van der Waals surface area contributed by atoms with Crippen molar-refractivity contribution >= 4 is 5.82 Å². The Morgan fingerprint density at radius 2 is 2.45 bits per heavy atom. The molecule has 0 aliphatic carbocycles. The highest BCUT2D eigenvalue weighted by Gasteiger charge is 2.25. The van der Waals surface area contributed by atoms with Crippen LogP contribution in [0.2, 0.25) is 0 Å². The van der Waals surface area contributed by atoms with Gasteiger partial charge in [-0.1, -0.05) is 5.16 Å². The summed E-state index contributed by atoms with van der Waals surface area (Å²) in [6.07, 6.45) is 4.09. The van der Waals surface area contributed by atoms with Crippen molar-refractivity contribution in [2.45, 2.75) is 32.4 Å². The van der Waals surface area contributed by atoms with Crippen LogP contribution in [0.15, 0.2) is 28.9 Å². The van der Waals surface area contributed by atoms with Crippen LogP contribution in [-0.4, -0.2) is 34.5 Å². The molecule has 1 fully saturated rings. The van der Waals surface area contributed by atoms with Crippen molar-refractivity contribution in [1.82, 2.24) is 20.7 Å². The summed E-state index contributed by atoms with van der Waals surface area (Å²) in [7, 11) is 0. The summed E-state index contributed by atoms with van der Waals surface area (Å²) in [6, 6.07) is 6.38. The van der Waals surface area contributed by atoms with E-state index in [4.69, 9.17) is 4.52 Å². The van der Waals surface area contributed by atoms with Crippen LogP contribution in [0, 0.1) is 6.92 Å². The minimum absolute atomic E-state index is 0.468. The molecule has 3 rings (SSSR count). The van der Waals surface area contributed by atoms with Crippen LogP contribution in [0.4, 0.5) is 5.82 Å². The Kier molecular flexibility index (Phi) is 3.92. The molecule has 0 radical (unpaired) electrons. The van der Waals surface area contributed by atoms with Crippen LogP contribution < -0.4 is 10.2 Å². The van der Waals surface area contributed by atoms with Crippen LogP contribution in [-0.2, 0) is 6.54 Å². The fourth-order valence-corrected chi connectivity index (χ4v) is 2.66. The number of hydrogen-bond donors (Lipinski definition) is 1. The minimum Gasteiger partial charge on any atom is -0.360 e. The van der Waals surface area contributed by atoms with Gasteiger partial charge in [-0.05, 0) is 31.9 Å². The van der Waals surface area contributed by atoms with Gasteiger partial charge >= 0.3 is 0 Å². The first kappa shape index (κ1) is 13.1. The van der Waals surface area contributed by atoms with E-state index in [0.717, 1.165) is 30.4 Å². The summed E-state index contributed by atoms with van der Waals surface area (Å²) in [6.45, 7) is 4.61. The van der Waals surface area contributed by atoms with Gasteiger partial charge < -0.3 is 14.7 Å². The maximum atomic E-state index is 5.19. The molecule has 0 saturated carbocycles. The topological polar surface area (TPSA) is 67.1 Å². The second kappa shape index (κ2) is 6.00. The number of rotatable bonds is 5. The molecule has 0 bridgehead atoms. The quantitative estimate of drug-likeness (QED) is 0.891. The molecule has 1 aliphatic heterocycles. The van der Waals surface area contributed by atoms with Gasteiger partial charge in [-0.2, -0.15) is 5.10 Å². The molecule has 6 nitrogen and oxygen atoms in total. The van der Waals surface area contributed by atoms with Gasteiger partial charge in [-0.3, -0.25) is 0 Å². The lowest BCUT2D eigenvalue weighted by molar-refractivity contribution is 0.367. The van der Waals surface area contributed by atoms with E-state index in [1.807, 2.05) is 25.1 Å². The second-order valence-electron chi connectivity index (χ2n) is 5.14. The monoisotopic (exact) mass is 273 g/mol. The maximum absolute atomic E-state index is 5.19. The van der Waals surface area contributed by atoms with Crippen molar-refractivity contribution in [3.05, 3.63) is 35.9 Å². The molecule has 2 aromatic rings. The Labute approximate surface area is 118 Å². The molecule has 106 valence electrons. The number of nitrogens with zero attached hydrogens (tertiary/aromatic N) is 4. The Morgan fingerprint density at radius 1 is 1.50 bits per heavy atom. The van der Waals surface area contributed by atoms with E-state index in [1.54, 1.807) is 6.20 Å². The first-order chi connectivity index (χ1) is 9.83. The molecule has 1 aliphatic rings. The molecule has 1 N–H and O–H groups in total. The molecule has 0 amide bonds. The van der Waals surface area contributed by atoms with Crippen molar-refractivity contribution in [3.63, 3.8) is 0 Å². The van der Waals surface area contributed by atoms with Gasteiger partial charge in [0.05, 0.1) is 12.2 Å². The molecule has 20 heavy (non-hydrogen) atoms. The van der Waals surface area contributed by atoms with Crippen molar-refractivity contribution in [2.75, 3.05) is 18.0 Å². The normalized spacial score (nSPS) is 18.6. The van der Waals surface area contributed by atoms with E-state index in [9.17, 15) is 0 Å². The highest BCUT2D eigenvalue weighted by atomic mass is 16.5. The lowest BCUT2D eigenvalue weighted by Crippen LogP contribution is -2.38. The van der Waals surface area contributed by atoms with E-state index in [1.165, 1.54) is 12.8 Å². The molecule has 6 heteroatoms. The van der Waals surface area contributed by atoms with E-state index >= 15 is 0 Å². The maximum Gasteiger partial charge on any atom is 0.151 e. The number of aryl methyl sites for hydroxylation is 1. The zero-order chi connectivity index (χ0) is 13.8. The molecule has 0 spiro atoms. The lowest BCUT2D eigenvalue weighted by Gasteiger charge is -2.25. The highest BCUT2D eigenvalue weighted by Crippen LogP contribution is 2.22. The molecule has 1 atom stereocenters. The first-order valence-corrected chi connectivity index (χ1v) is 7.00. The standard InChI is InChI=1S/C14H19N5O/c1-11-8-13(20-18-11)10-15-9-12-4-3-7-19(12)14-5-2-6-16-17-14/h2,5-6,8,12,15H,3-4,7,9-10H2,1H3/t12-/m1/s1. The van der Waals surface area contributed by atoms with Crippen molar-refractivity contribution in [2.24, 2.45) is 0 Å². The molecular weight excluding hydrogens is 254 g/mol. The Balaban J connectivity index is 1.54. The van der Waals surface area contributed by atoms with Crippen molar-refractivity contribution in [1.29, 1.82) is 0 Å². The zero-order valence-electron chi connectivity index (χ0n) is 11.6. The zero-order valence-corrected chi connectivity index (χ0v) is 11.6. The molecular formula is C14H19N5O. The predicted molar refractivity (Wildman–Crippen MR) is 75.3 cm³/mol. The number of hydrogen-bond acceptors (Lipinski definition) is 6. The fraction of sp³-hybridized carbons (Fsp3) is 0.500. The third-order valence-corrected chi connectivity index (χ3v) is 3.59. The van der Waals surface area contributed by atoms with Crippen molar-refractivity contribution in [3.8, 4) is 0 Å². The van der Waals surface area contributed by atoms with Crippen molar-refractivity contribution < 1.29 is 4.52 Å². The number of aromatic nitrogens is 3. The van der Waals surface area contributed by atoms with Crippen LogP contribution in [0.5, 0.6) is 0 Å². The fourth-order valence-electron chi connectivity index (χ4n) is 2.66. The van der Waals surface area contributed by atoms with Crippen LogP contribution in [0.25, 0.3) is 0 Å². The van der Waals surface area contributed by atoms with Gasteiger partial charge in [0.2, 0.25) is 0 Å². The van der Waals surface area contributed by atoms with E-state index in [-0.39, 0.29) is 0 Å². The van der Waals surface area contributed by atoms with Crippen LogP contribution in [0.1, 0.15) is 24.3 Å². The summed E-state index contributed by atoms with van der Waals surface area (Å²) < 4.78 is 5.19. The number of nitrogens with one attached hydrogen (secondary N) is 1. The highest BCUT2D eigenvalue weighted by molar-refractivity contribution is 5.39. The van der Waals surface area contributed by atoms with Crippen LogP contribution in [0.3, 0.4) is 0 Å². The largest absolute Gasteiger partial charge is 0.360 e. The predicted octanol–water partition coefficient (Wildman–Crippen LogP) is 1.53. The molecule has 2 aromatic heterocycles. The average molecular weight is 273 g/mol. The molecule has 0 aromatic carbocycles. The lowest BCUT2D eigenvalue weighted by atomic mass is 10.2. The number of anilines is 1. The Hall–Kier alpha value is -1.95.